The molecular weight excluding hydrogens is 633 g/mol. The normalized spacial score (nSPS) is 25.3. The van der Waals surface area contributed by atoms with Gasteiger partial charge in [0.2, 0.25) is 11.8 Å². The third-order valence-corrected chi connectivity index (χ3v) is 13.7. The molecule has 12 heteroatoms. The van der Waals surface area contributed by atoms with Crippen molar-refractivity contribution in [2.45, 2.75) is 63.3 Å². The molecule has 10 nitrogen and oxygen atoms in total. The number of anilines is 1. The number of thiophene rings is 1. The first kappa shape index (κ1) is 29.4. The lowest BCUT2D eigenvalue weighted by Gasteiger charge is -2.18. The molecule has 0 aromatic carbocycles. The molecule has 5 aromatic rings. The number of rotatable bonds is 8. The van der Waals surface area contributed by atoms with Crippen LogP contribution in [0.2, 0.25) is 0 Å². The standard InChI is InChI=1S/C35H36N6O4S2/c1-17(2)24-16-47(42,43)33-30(28-13-19-10-12-37-34(32(19)46-28)39-26-9-8-25-21(26)5-4-11-36-25)29(35-41-40-18(3)45-35)27(38-31(24)33)7-6-20-22-14-44-15-23(20)22/h4-5,10-13,17,20,22-24,26H,6-9,14-16H2,1-3H3,(H,37,39)/t20?,22?,23?,24?,26-/m1/s1. The van der Waals surface area contributed by atoms with Gasteiger partial charge in [-0.25, -0.2) is 13.4 Å². The molecule has 0 amide bonds. The smallest absolute Gasteiger partial charge is 0.250 e. The summed E-state index contributed by atoms with van der Waals surface area (Å²) < 4.78 is 41.0. The highest BCUT2D eigenvalue weighted by Gasteiger charge is 2.53. The second-order valence-electron chi connectivity index (χ2n) is 13.8. The van der Waals surface area contributed by atoms with Crippen LogP contribution < -0.4 is 5.32 Å². The summed E-state index contributed by atoms with van der Waals surface area (Å²) >= 11 is 1.55. The van der Waals surface area contributed by atoms with E-state index in [1.54, 1.807) is 18.3 Å². The lowest BCUT2D eigenvalue weighted by Crippen LogP contribution is -2.11. The minimum Gasteiger partial charge on any atom is -0.421 e. The van der Waals surface area contributed by atoms with Crippen molar-refractivity contribution in [1.29, 1.82) is 0 Å². The first-order chi connectivity index (χ1) is 22.8. The zero-order valence-electron chi connectivity index (χ0n) is 26.6. The van der Waals surface area contributed by atoms with Crippen LogP contribution in [0.15, 0.2) is 46.0 Å². The molecule has 0 radical (unpaired) electrons. The van der Waals surface area contributed by atoms with Gasteiger partial charge in [-0.05, 0) is 78.5 Å². The van der Waals surface area contributed by atoms with E-state index < -0.39 is 9.84 Å². The maximum Gasteiger partial charge on any atom is 0.250 e. The van der Waals surface area contributed by atoms with Crippen LogP contribution in [0.25, 0.3) is 32.0 Å². The molecule has 47 heavy (non-hydrogen) atoms. The molecule has 1 N–H and O–H groups in total. The monoisotopic (exact) mass is 668 g/mol. The number of nitrogens with one attached hydrogen (secondary N) is 1. The predicted octanol–water partition coefficient (Wildman–Crippen LogP) is 6.56. The van der Waals surface area contributed by atoms with E-state index in [2.05, 4.69) is 46.5 Å². The molecule has 4 atom stereocenters. The van der Waals surface area contributed by atoms with Gasteiger partial charge in [0.15, 0.2) is 9.84 Å². The number of aryl methyl sites for hydroxylation is 3. The Morgan fingerprint density at radius 3 is 2.72 bits per heavy atom. The zero-order chi connectivity index (χ0) is 32.0. The fourth-order valence-electron chi connectivity index (χ4n) is 8.16. The number of pyridine rings is 3. The summed E-state index contributed by atoms with van der Waals surface area (Å²) in [6.07, 6.45) is 7.18. The van der Waals surface area contributed by atoms with Gasteiger partial charge in [0.1, 0.15) is 5.82 Å². The van der Waals surface area contributed by atoms with Gasteiger partial charge in [-0.2, -0.15) is 0 Å². The highest BCUT2D eigenvalue weighted by molar-refractivity contribution is 7.92. The fraction of sp³-hybridized carbons (Fsp3) is 0.457. The van der Waals surface area contributed by atoms with Gasteiger partial charge in [0.05, 0.1) is 51.6 Å². The van der Waals surface area contributed by atoms with Crippen molar-refractivity contribution in [2.75, 3.05) is 24.3 Å². The quantitative estimate of drug-likeness (QED) is 0.194. The van der Waals surface area contributed by atoms with Crippen LogP contribution in [-0.2, 0) is 27.4 Å². The van der Waals surface area contributed by atoms with Gasteiger partial charge < -0.3 is 14.5 Å². The molecular formula is C35H36N6O4S2. The SMILES string of the molecule is Cc1nnc(-c2c(CCC3C4COCC34)nc3c(c2-c2cc4ccnc(N[C@@H]5CCc6ncccc65)c4s2)S(=O)(=O)CC3C(C)C)o1. The van der Waals surface area contributed by atoms with E-state index in [0.717, 1.165) is 64.6 Å². The van der Waals surface area contributed by atoms with Crippen LogP contribution in [-0.4, -0.2) is 52.5 Å². The van der Waals surface area contributed by atoms with Crippen LogP contribution in [0.3, 0.4) is 0 Å². The van der Waals surface area contributed by atoms with Crippen LogP contribution in [0, 0.1) is 30.6 Å². The minimum atomic E-state index is -3.65. The van der Waals surface area contributed by atoms with E-state index in [-0.39, 0.29) is 23.6 Å². The Morgan fingerprint density at radius 1 is 1.09 bits per heavy atom. The Hall–Kier alpha value is -3.74. The van der Waals surface area contributed by atoms with Gasteiger partial charge in [-0.15, -0.1) is 21.5 Å². The number of hydrogen-bond donors (Lipinski definition) is 1. The van der Waals surface area contributed by atoms with Crippen molar-refractivity contribution < 1.29 is 17.6 Å². The second kappa shape index (κ2) is 10.9. The van der Waals surface area contributed by atoms with E-state index in [1.165, 1.54) is 5.56 Å². The lowest BCUT2D eigenvalue weighted by molar-refractivity contribution is 0.149. The van der Waals surface area contributed by atoms with Crippen molar-refractivity contribution in [3.63, 3.8) is 0 Å². The highest BCUT2D eigenvalue weighted by Crippen LogP contribution is 2.55. The molecule has 2 fully saturated rings. The number of fused-ring (bicyclic) bond motifs is 4. The average Bonchev–Trinajstić information content (AvgIpc) is 3.71. The van der Waals surface area contributed by atoms with E-state index in [9.17, 15) is 8.42 Å². The van der Waals surface area contributed by atoms with E-state index in [0.29, 0.717) is 57.7 Å². The fourth-order valence-corrected chi connectivity index (χ4v) is 11.6. The molecule has 2 aliphatic heterocycles. The predicted molar refractivity (Wildman–Crippen MR) is 179 cm³/mol. The first-order valence-corrected chi connectivity index (χ1v) is 19.0. The maximum absolute atomic E-state index is 14.2. The number of aromatic nitrogens is 5. The Labute approximate surface area is 277 Å². The Balaban J connectivity index is 1.22. The van der Waals surface area contributed by atoms with Crippen LogP contribution in [0.4, 0.5) is 5.82 Å². The van der Waals surface area contributed by atoms with E-state index >= 15 is 0 Å². The average molecular weight is 669 g/mol. The largest absolute Gasteiger partial charge is 0.421 e. The summed E-state index contributed by atoms with van der Waals surface area (Å²) in [5.41, 5.74) is 5.11. The number of hydrogen-bond acceptors (Lipinski definition) is 11. The molecule has 0 spiro atoms. The molecule has 2 aliphatic carbocycles. The van der Waals surface area contributed by atoms with Crippen molar-refractivity contribution in [3.8, 4) is 21.9 Å². The lowest BCUT2D eigenvalue weighted by atomic mass is 9.90. The van der Waals surface area contributed by atoms with E-state index in [4.69, 9.17) is 19.1 Å². The van der Waals surface area contributed by atoms with Crippen molar-refractivity contribution in [2.24, 2.45) is 23.7 Å². The Kier molecular flexibility index (Phi) is 6.82. The molecule has 5 aromatic heterocycles. The third-order valence-electron chi connectivity index (χ3n) is 10.7. The van der Waals surface area contributed by atoms with Gasteiger partial charge in [-0.3, -0.25) is 9.97 Å². The molecule has 9 rings (SSSR count). The van der Waals surface area contributed by atoms with E-state index in [1.807, 2.05) is 24.5 Å². The number of nitrogens with zero attached hydrogens (tertiary/aromatic N) is 5. The topological polar surface area (TPSA) is 133 Å². The van der Waals surface area contributed by atoms with Crippen LogP contribution >= 0.6 is 11.3 Å². The molecule has 4 aliphatic rings. The maximum atomic E-state index is 14.2. The summed E-state index contributed by atoms with van der Waals surface area (Å²) in [5, 5.41) is 13.3. The molecule has 3 unspecified atom stereocenters. The third kappa shape index (κ3) is 4.82. The molecule has 1 saturated carbocycles. The van der Waals surface area contributed by atoms with Gasteiger partial charge >= 0.3 is 0 Å². The van der Waals surface area contributed by atoms with Crippen molar-refractivity contribution in [1.82, 2.24) is 25.1 Å². The molecule has 242 valence electrons. The summed E-state index contributed by atoms with van der Waals surface area (Å²) in [6, 6.07) is 8.29. The highest BCUT2D eigenvalue weighted by atomic mass is 32.2. The molecule has 7 heterocycles. The van der Waals surface area contributed by atoms with Crippen molar-refractivity contribution in [3.05, 3.63) is 65.2 Å². The molecule has 0 bridgehead atoms. The zero-order valence-corrected chi connectivity index (χ0v) is 28.2. The number of sulfone groups is 1. The summed E-state index contributed by atoms with van der Waals surface area (Å²) in [4.78, 5) is 15.7. The van der Waals surface area contributed by atoms with Gasteiger partial charge in [-0.1, -0.05) is 19.9 Å². The minimum absolute atomic E-state index is 0.0459. The summed E-state index contributed by atoms with van der Waals surface area (Å²) in [6.45, 7) is 7.58. The Bertz CT molecular complexity index is 2150. The number of ether oxygens (including phenoxy) is 1. The van der Waals surface area contributed by atoms with Gasteiger partial charge in [0.25, 0.3) is 0 Å². The molecule has 1 saturated heterocycles. The summed E-state index contributed by atoms with van der Waals surface area (Å²) in [7, 11) is -3.65. The first-order valence-electron chi connectivity index (χ1n) is 16.5. The van der Waals surface area contributed by atoms with Crippen molar-refractivity contribution >= 4 is 37.1 Å². The van der Waals surface area contributed by atoms with Gasteiger partial charge in [0, 0.05) is 41.4 Å². The van der Waals surface area contributed by atoms with Crippen LogP contribution in [0.1, 0.15) is 67.2 Å². The van der Waals surface area contributed by atoms with Crippen LogP contribution in [0.5, 0.6) is 0 Å². The Morgan fingerprint density at radius 2 is 1.94 bits per heavy atom. The summed E-state index contributed by atoms with van der Waals surface area (Å²) in [5.74, 6) is 3.32. The second-order valence-corrected chi connectivity index (χ2v) is 16.8.